The van der Waals surface area contributed by atoms with Gasteiger partial charge in [-0.15, -0.1) is 0 Å². The van der Waals surface area contributed by atoms with Gasteiger partial charge in [0.05, 0.1) is 32.0 Å². The summed E-state index contributed by atoms with van der Waals surface area (Å²) in [6.07, 6.45) is 1.57. The standard InChI is InChI=1S/C24H24N2O6/c1-13(2)22(14(3)27)16-9-15-10-17(24(29)30)23(28)26(19(15)11-21(16)32-5)12-18-20(31-4)7-6-8-25-18/h6-11,27H,1,12H2,2-5H3,(H,29,30)/b22-14+. The van der Waals surface area contributed by atoms with Crippen LogP contribution in [-0.2, 0) is 6.54 Å². The van der Waals surface area contributed by atoms with Crippen LogP contribution in [0.15, 0.2) is 59.2 Å². The van der Waals surface area contributed by atoms with Gasteiger partial charge in [0.2, 0.25) is 0 Å². The zero-order chi connectivity index (χ0) is 23.6. The third-order valence-electron chi connectivity index (χ3n) is 5.08. The number of rotatable bonds is 7. The monoisotopic (exact) mass is 436 g/mol. The van der Waals surface area contributed by atoms with Gasteiger partial charge in [-0.05, 0) is 43.7 Å². The van der Waals surface area contributed by atoms with Crippen LogP contribution in [0.4, 0.5) is 0 Å². The molecule has 2 aromatic heterocycles. The highest BCUT2D eigenvalue weighted by molar-refractivity contribution is 5.96. The van der Waals surface area contributed by atoms with Crippen molar-refractivity contribution in [3.8, 4) is 11.5 Å². The summed E-state index contributed by atoms with van der Waals surface area (Å²) < 4.78 is 12.2. The van der Waals surface area contributed by atoms with E-state index in [1.807, 2.05) is 0 Å². The van der Waals surface area contributed by atoms with Gasteiger partial charge in [-0.2, -0.15) is 0 Å². The van der Waals surface area contributed by atoms with E-state index < -0.39 is 11.5 Å². The maximum absolute atomic E-state index is 13.1. The van der Waals surface area contributed by atoms with Crippen molar-refractivity contribution >= 4 is 22.4 Å². The van der Waals surface area contributed by atoms with Crippen molar-refractivity contribution in [2.75, 3.05) is 14.2 Å². The number of aromatic nitrogens is 2. The lowest BCUT2D eigenvalue weighted by atomic mass is 9.95. The molecule has 0 aliphatic rings. The average Bonchev–Trinajstić information content (AvgIpc) is 2.74. The van der Waals surface area contributed by atoms with Crippen LogP contribution in [0, 0.1) is 0 Å². The van der Waals surface area contributed by atoms with Gasteiger partial charge < -0.3 is 24.3 Å². The normalized spacial score (nSPS) is 11.8. The summed E-state index contributed by atoms with van der Waals surface area (Å²) in [4.78, 5) is 29.2. The topological polar surface area (TPSA) is 111 Å². The van der Waals surface area contributed by atoms with Gasteiger partial charge in [-0.3, -0.25) is 9.78 Å². The van der Waals surface area contributed by atoms with Crippen LogP contribution in [0.5, 0.6) is 11.5 Å². The lowest BCUT2D eigenvalue weighted by molar-refractivity contribution is 0.0694. The highest BCUT2D eigenvalue weighted by Gasteiger charge is 2.20. The van der Waals surface area contributed by atoms with Crippen molar-refractivity contribution in [2.45, 2.75) is 20.4 Å². The van der Waals surface area contributed by atoms with Gasteiger partial charge in [0.25, 0.3) is 5.56 Å². The second kappa shape index (κ2) is 8.97. The van der Waals surface area contributed by atoms with Crippen molar-refractivity contribution in [3.63, 3.8) is 0 Å². The number of aliphatic hydroxyl groups is 1. The second-order valence-corrected chi connectivity index (χ2v) is 7.26. The summed E-state index contributed by atoms with van der Waals surface area (Å²) in [5, 5.41) is 20.3. The number of hydrogen-bond acceptors (Lipinski definition) is 6. The van der Waals surface area contributed by atoms with Crippen LogP contribution < -0.4 is 15.0 Å². The van der Waals surface area contributed by atoms with E-state index in [2.05, 4.69) is 11.6 Å². The van der Waals surface area contributed by atoms with Crippen molar-refractivity contribution < 1.29 is 24.5 Å². The van der Waals surface area contributed by atoms with Gasteiger partial charge in [0.15, 0.2) is 0 Å². The van der Waals surface area contributed by atoms with Gasteiger partial charge >= 0.3 is 5.97 Å². The van der Waals surface area contributed by atoms with Crippen LogP contribution in [-0.4, -0.2) is 40.0 Å². The Morgan fingerprint density at radius 2 is 1.75 bits per heavy atom. The molecule has 0 aliphatic carbocycles. The molecule has 1 aromatic carbocycles. The molecule has 0 spiro atoms. The fourth-order valence-corrected chi connectivity index (χ4v) is 3.69. The van der Waals surface area contributed by atoms with E-state index in [1.165, 1.54) is 31.8 Å². The molecule has 0 fully saturated rings. The Balaban J connectivity index is 2.40. The quantitative estimate of drug-likeness (QED) is 0.425. The number of fused-ring (bicyclic) bond motifs is 1. The van der Waals surface area contributed by atoms with E-state index >= 15 is 0 Å². The van der Waals surface area contributed by atoms with Gasteiger partial charge in [-0.25, -0.2) is 4.79 Å². The van der Waals surface area contributed by atoms with Crippen molar-refractivity contribution in [1.82, 2.24) is 9.55 Å². The number of allylic oxidation sites excluding steroid dienone is 3. The third kappa shape index (κ3) is 4.07. The van der Waals surface area contributed by atoms with Gasteiger partial charge in [-0.1, -0.05) is 6.58 Å². The van der Waals surface area contributed by atoms with Crippen molar-refractivity contribution in [1.29, 1.82) is 0 Å². The lowest BCUT2D eigenvalue weighted by Gasteiger charge is -2.18. The average molecular weight is 436 g/mol. The molecule has 8 heteroatoms. The van der Waals surface area contributed by atoms with Crippen LogP contribution in [0.1, 0.15) is 35.5 Å². The summed E-state index contributed by atoms with van der Waals surface area (Å²) in [6.45, 7) is 7.19. The zero-order valence-electron chi connectivity index (χ0n) is 18.3. The first-order chi connectivity index (χ1) is 15.2. The van der Waals surface area contributed by atoms with E-state index in [1.54, 1.807) is 37.4 Å². The smallest absolute Gasteiger partial charge is 0.341 e. The first kappa shape index (κ1) is 22.6. The third-order valence-corrected chi connectivity index (χ3v) is 5.08. The maximum atomic E-state index is 13.1. The molecule has 2 N–H and O–H groups in total. The Hall–Kier alpha value is -4.07. The van der Waals surface area contributed by atoms with E-state index in [4.69, 9.17) is 9.47 Å². The first-order valence-corrected chi connectivity index (χ1v) is 9.72. The number of carboxylic acid groups (broad SMARTS) is 1. The predicted octanol–water partition coefficient (Wildman–Crippen LogP) is 4.03. The first-order valence-electron chi connectivity index (χ1n) is 9.72. The summed E-state index contributed by atoms with van der Waals surface area (Å²) >= 11 is 0. The number of ether oxygens (including phenoxy) is 2. The Labute approximate surface area is 184 Å². The molecule has 0 atom stereocenters. The number of carboxylic acids is 1. The number of hydrogen-bond donors (Lipinski definition) is 2. The van der Waals surface area contributed by atoms with Crippen LogP contribution in [0.3, 0.4) is 0 Å². The van der Waals surface area contributed by atoms with Crippen molar-refractivity contribution in [2.24, 2.45) is 0 Å². The van der Waals surface area contributed by atoms with Crippen LogP contribution >= 0.6 is 0 Å². The summed E-state index contributed by atoms with van der Waals surface area (Å²) in [7, 11) is 2.97. The molecule has 2 heterocycles. The molecule has 0 saturated carbocycles. The predicted molar refractivity (Wildman–Crippen MR) is 122 cm³/mol. The Morgan fingerprint density at radius 3 is 2.31 bits per heavy atom. The van der Waals surface area contributed by atoms with Gasteiger partial charge in [0, 0.05) is 28.8 Å². The molecule has 32 heavy (non-hydrogen) atoms. The molecular weight excluding hydrogens is 412 g/mol. The number of aliphatic hydroxyl groups excluding tert-OH is 1. The highest BCUT2D eigenvalue weighted by atomic mass is 16.5. The number of benzene rings is 1. The van der Waals surface area contributed by atoms with E-state index in [-0.39, 0.29) is 17.9 Å². The molecule has 3 rings (SSSR count). The fraction of sp³-hybridized carbons (Fsp3) is 0.208. The number of methoxy groups -OCH3 is 2. The number of pyridine rings is 2. The highest BCUT2D eigenvalue weighted by Crippen LogP contribution is 2.35. The number of nitrogens with zero attached hydrogens (tertiary/aromatic N) is 2. The molecule has 0 amide bonds. The molecule has 0 bridgehead atoms. The van der Waals surface area contributed by atoms with E-state index in [0.29, 0.717) is 44.8 Å². The largest absolute Gasteiger partial charge is 0.512 e. The molecule has 0 aliphatic heterocycles. The SMILES string of the molecule is C=C(C)/C(=C(/C)O)c1cc2cc(C(=O)O)c(=O)n(Cc3ncccc3OC)c2cc1OC. The lowest BCUT2D eigenvalue weighted by Crippen LogP contribution is -2.27. The number of carbonyl (C=O) groups is 1. The minimum Gasteiger partial charge on any atom is -0.512 e. The second-order valence-electron chi connectivity index (χ2n) is 7.26. The molecule has 3 aromatic rings. The number of aromatic carboxylic acids is 1. The molecule has 8 nitrogen and oxygen atoms in total. The molecule has 0 unspecified atom stereocenters. The van der Waals surface area contributed by atoms with Crippen molar-refractivity contribution in [3.05, 3.63) is 81.6 Å². The zero-order valence-corrected chi connectivity index (χ0v) is 18.3. The van der Waals surface area contributed by atoms with E-state index in [0.717, 1.165) is 0 Å². The summed E-state index contributed by atoms with van der Waals surface area (Å²) in [5.74, 6) is -0.432. The molecule has 0 radical (unpaired) electrons. The van der Waals surface area contributed by atoms with Crippen LogP contribution in [0.25, 0.3) is 16.5 Å². The molecule has 166 valence electrons. The minimum absolute atomic E-state index is 0.00875. The fourth-order valence-electron chi connectivity index (χ4n) is 3.69. The Bertz CT molecular complexity index is 1320. The van der Waals surface area contributed by atoms with Crippen LogP contribution in [0.2, 0.25) is 0 Å². The Kier molecular flexibility index (Phi) is 6.34. The Morgan fingerprint density at radius 1 is 1.09 bits per heavy atom. The minimum atomic E-state index is -1.34. The van der Waals surface area contributed by atoms with E-state index in [9.17, 15) is 19.8 Å². The maximum Gasteiger partial charge on any atom is 0.341 e. The molecule has 0 saturated heterocycles. The summed E-state index contributed by atoms with van der Waals surface area (Å²) in [6, 6.07) is 8.05. The van der Waals surface area contributed by atoms with Gasteiger partial charge in [0.1, 0.15) is 22.8 Å². The molecular formula is C24H24N2O6. The summed E-state index contributed by atoms with van der Waals surface area (Å²) in [5.41, 5.74) is 1.47.